The van der Waals surface area contributed by atoms with Crippen LogP contribution in [0.1, 0.15) is 28.8 Å². The quantitative estimate of drug-likeness (QED) is 0.929. The summed E-state index contributed by atoms with van der Waals surface area (Å²) in [6.45, 7) is 1.13. The third-order valence-corrected chi connectivity index (χ3v) is 3.31. The van der Waals surface area contributed by atoms with E-state index in [2.05, 4.69) is 5.32 Å². The Balaban J connectivity index is 1.95. The topological polar surface area (TPSA) is 49.4 Å². The second kappa shape index (κ2) is 6.15. The fourth-order valence-electron chi connectivity index (χ4n) is 2.17. The second-order valence-corrected chi connectivity index (χ2v) is 4.85. The number of amides is 2. The molecule has 1 aliphatic heterocycles. The van der Waals surface area contributed by atoms with Crippen LogP contribution in [0.3, 0.4) is 0 Å². The fourth-order valence-corrected chi connectivity index (χ4v) is 2.17. The third-order valence-electron chi connectivity index (χ3n) is 3.31. The zero-order valence-electron chi connectivity index (χ0n) is 11.2. The van der Waals surface area contributed by atoms with Crippen LogP contribution in [0.2, 0.25) is 0 Å². The molecule has 7 heteroatoms. The van der Waals surface area contributed by atoms with Crippen molar-refractivity contribution in [3.63, 3.8) is 0 Å². The molecule has 0 bridgehead atoms. The van der Waals surface area contributed by atoms with Crippen molar-refractivity contribution in [1.82, 2.24) is 10.2 Å². The molecule has 114 valence electrons. The van der Waals surface area contributed by atoms with Crippen molar-refractivity contribution < 1.29 is 22.8 Å². The molecule has 0 aromatic heterocycles. The molecule has 21 heavy (non-hydrogen) atoms. The van der Waals surface area contributed by atoms with Crippen molar-refractivity contribution in [2.24, 2.45) is 0 Å². The van der Waals surface area contributed by atoms with E-state index in [9.17, 15) is 22.8 Å². The van der Waals surface area contributed by atoms with Crippen LogP contribution < -0.4 is 5.32 Å². The predicted molar refractivity (Wildman–Crippen MR) is 69.6 cm³/mol. The number of alkyl halides is 3. The number of carbonyl (C=O) groups is 2. The van der Waals surface area contributed by atoms with Crippen LogP contribution in [0.15, 0.2) is 24.3 Å². The van der Waals surface area contributed by atoms with Gasteiger partial charge in [-0.2, -0.15) is 13.2 Å². The molecule has 0 atom stereocenters. The van der Waals surface area contributed by atoms with Gasteiger partial charge in [0.25, 0.3) is 5.91 Å². The number of rotatable bonds is 3. The maximum absolute atomic E-state index is 12.6. The van der Waals surface area contributed by atoms with Crippen molar-refractivity contribution in [2.75, 3.05) is 19.6 Å². The Bertz CT molecular complexity index is 537. The highest BCUT2D eigenvalue weighted by Crippen LogP contribution is 2.29. The van der Waals surface area contributed by atoms with Crippen molar-refractivity contribution >= 4 is 11.8 Å². The lowest BCUT2D eigenvalue weighted by atomic mass is 10.1. The second-order valence-electron chi connectivity index (χ2n) is 4.85. The van der Waals surface area contributed by atoms with Gasteiger partial charge in [0.15, 0.2) is 0 Å². The van der Waals surface area contributed by atoms with Crippen molar-refractivity contribution in [3.8, 4) is 0 Å². The summed E-state index contributed by atoms with van der Waals surface area (Å²) >= 11 is 0. The van der Waals surface area contributed by atoms with Gasteiger partial charge in [-0.25, -0.2) is 0 Å². The standard InChI is InChI=1S/C14H15F3N2O2/c15-14(16,17)11-5-3-4-10(8-11)13(21)18-9-12(20)19-6-1-2-7-19/h3-5,8H,1-2,6-7,9H2,(H,18,21). The zero-order valence-corrected chi connectivity index (χ0v) is 11.2. The van der Waals surface area contributed by atoms with Gasteiger partial charge in [-0.15, -0.1) is 0 Å². The van der Waals surface area contributed by atoms with Gasteiger partial charge in [-0.3, -0.25) is 9.59 Å². The molecule has 2 rings (SSSR count). The number of nitrogens with zero attached hydrogens (tertiary/aromatic N) is 1. The smallest absolute Gasteiger partial charge is 0.343 e. The number of benzene rings is 1. The van der Waals surface area contributed by atoms with Crippen LogP contribution in [0.5, 0.6) is 0 Å². The Morgan fingerprint density at radius 1 is 1.19 bits per heavy atom. The molecule has 0 saturated carbocycles. The van der Waals surface area contributed by atoms with Gasteiger partial charge in [0.2, 0.25) is 5.91 Å². The monoisotopic (exact) mass is 300 g/mol. The summed E-state index contributed by atoms with van der Waals surface area (Å²) in [5, 5.41) is 2.36. The van der Waals surface area contributed by atoms with Gasteiger partial charge < -0.3 is 10.2 Å². The van der Waals surface area contributed by atoms with E-state index in [0.29, 0.717) is 13.1 Å². The van der Waals surface area contributed by atoms with Crippen LogP contribution in [0.4, 0.5) is 13.2 Å². The zero-order chi connectivity index (χ0) is 15.5. The SMILES string of the molecule is O=C(NCC(=O)N1CCCC1)c1cccc(C(F)(F)F)c1. The van der Waals surface area contributed by atoms with Crippen molar-refractivity contribution in [3.05, 3.63) is 35.4 Å². The van der Waals surface area contributed by atoms with E-state index in [1.165, 1.54) is 12.1 Å². The summed E-state index contributed by atoms with van der Waals surface area (Å²) in [6, 6.07) is 4.12. The van der Waals surface area contributed by atoms with Gasteiger partial charge in [0.1, 0.15) is 0 Å². The molecule has 1 saturated heterocycles. The Labute approximate surface area is 119 Å². The maximum atomic E-state index is 12.6. The van der Waals surface area contributed by atoms with Gasteiger partial charge in [-0.1, -0.05) is 6.07 Å². The highest BCUT2D eigenvalue weighted by atomic mass is 19.4. The molecule has 4 nitrogen and oxygen atoms in total. The normalized spacial score (nSPS) is 15.1. The summed E-state index contributed by atoms with van der Waals surface area (Å²) in [7, 11) is 0. The third kappa shape index (κ3) is 3.96. The average Bonchev–Trinajstić information content (AvgIpc) is 2.98. The number of hydrogen-bond donors (Lipinski definition) is 1. The molecule has 1 aromatic carbocycles. The Morgan fingerprint density at radius 3 is 2.48 bits per heavy atom. The van der Waals surface area contributed by atoms with Crippen molar-refractivity contribution in [1.29, 1.82) is 0 Å². The van der Waals surface area contributed by atoms with Gasteiger partial charge in [0.05, 0.1) is 12.1 Å². The lowest BCUT2D eigenvalue weighted by molar-refractivity contribution is -0.137. The van der Waals surface area contributed by atoms with Crippen molar-refractivity contribution in [2.45, 2.75) is 19.0 Å². The molecule has 0 aliphatic carbocycles. The summed E-state index contributed by atoms with van der Waals surface area (Å²) in [5.41, 5.74) is -1.000. The van der Waals surface area contributed by atoms with Crippen LogP contribution in [-0.2, 0) is 11.0 Å². The molecule has 1 aliphatic rings. The van der Waals surface area contributed by atoms with Crippen LogP contribution >= 0.6 is 0 Å². The first-order valence-corrected chi connectivity index (χ1v) is 6.61. The van der Waals surface area contributed by atoms with Gasteiger partial charge in [0, 0.05) is 18.7 Å². The van der Waals surface area contributed by atoms with E-state index in [1.807, 2.05) is 0 Å². The maximum Gasteiger partial charge on any atom is 0.416 e. The Hall–Kier alpha value is -2.05. The summed E-state index contributed by atoms with van der Waals surface area (Å²) < 4.78 is 37.7. The summed E-state index contributed by atoms with van der Waals surface area (Å²) in [5.74, 6) is -0.901. The molecule has 1 aromatic rings. The molecular weight excluding hydrogens is 285 g/mol. The molecule has 1 fully saturated rings. The lowest BCUT2D eigenvalue weighted by Gasteiger charge is -2.15. The lowest BCUT2D eigenvalue weighted by Crippen LogP contribution is -2.38. The number of halogens is 3. The highest BCUT2D eigenvalue weighted by Gasteiger charge is 2.31. The molecule has 2 amide bonds. The molecule has 0 radical (unpaired) electrons. The Kier molecular flexibility index (Phi) is 4.50. The predicted octanol–water partition coefficient (Wildman–Crippen LogP) is 2.06. The molecule has 1 heterocycles. The van der Waals surface area contributed by atoms with E-state index in [4.69, 9.17) is 0 Å². The minimum absolute atomic E-state index is 0.112. The summed E-state index contributed by atoms with van der Waals surface area (Å²) in [6.07, 6.45) is -2.62. The number of likely N-dealkylation sites (tertiary alicyclic amines) is 1. The van der Waals surface area contributed by atoms with E-state index >= 15 is 0 Å². The van der Waals surface area contributed by atoms with Crippen LogP contribution in [-0.4, -0.2) is 36.3 Å². The first-order chi connectivity index (χ1) is 9.88. The minimum Gasteiger partial charge on any atom is -0.343 e. The molecular formula is C14H15F3N2O2. The number of nitrogens with one attached hydrogen (secondary N) is 1. The molecule has 1 N–H and O–H groups in total. The Morgan fingerprint density at radius 2 is 1.86 bits per heavy atom. The van der Waals surface area contributed by atoms with Crippen LogP contribution in [0, 0.1) is 0 Å². The van der Waals surface area contributed by atoms with E-state index in [1.54, 1.807) is 4.90 Å². The molecule has 0 spiro atoms. The number of carbonyl (C=O) groups excluding carboxylic acids is 2. The molecule has 0 unspecified atom stereocenters. The largest absolute Gasteiger partial charge is 0.416 e. The van der Waals surface area contributed by atoms with Gasteiger partial charge >= 0.3 is 6.18 Å². The average molecular weight is 300 g/mol. The summed E-state index contributed by atoms with van der Waals surface area (Å²) in [4.78, 5) is 25.2. The number of hydrogen-bond acceptors (Lipinski definition) is 2. The minimum atomic E-state index is -4.50. The first-order valence-electron chi connectivity index (χ1n) is 6.61. The van der Waals surface area contributed by atoms with E-state index in [-0.39, 0.29) is 18.0 Å². The van der Waals surface area contributed by atoms with E-state index in [0.717, 1.165) is 25.0 Å². The van der Waals surface area contributed by atoms with Crippen LogP contribution in [0.25, 0.3) is 0 Å². The first kappa shape index (κ1) is 15.3. The fraction of sp³-hybridized carbons (Fsp3) is 0.429. The van der Waals surface area contributed by atoms with E-state index < -0.39 is 17.6 Å². The van der Waals surface area contributed by atoms with Gasteiger partial charge in [-0.05, 0) is 31.0 Å². The highest BCUT2D eigenvalue weighted by molar-refractivity contribution is 5.96.